The van der Waals surface area contributed by atoms with E-state index in [1.165, 1.54) is 64.6 Å². The van der Waals surface area contributed by atoms with Crippen LogP contribution in [0.4, 0.5) is 0 Å². The molecule has 2 heterocycles. The quantitative estimate of drug-likeness (QED) is 0.766. The predicted molar refractivity (Wildman–Crippen MR) is 65.1 cm³/mol. The molecule has 0 aromatic rings. The van der Waals surface area contributed by atoms with E-state index in [9.17, 15) is 0 Å². The zero-order chi connectivity index (χ0) is 10.5. The summed E-state index contributed by atoms with van der Waals surface area (Å²) in [5.74, 6) is 0. The average molecular weight is 210 g/mol. The van der Waals surface area contributed by atoms with E-state index in [-0.39, 0.29) is 0 Å². The molecular formula is C13H26N2. The molecule has 2 nitrogen and oxygen atoms in total. The lowest BCUT2D eigenvalue weighted by molar-refractivity contribution is 0.128. The van der Waals surface area contributed by atoms with Gasteiger partial charge in [-0.3, -0.25) is 4.90 Å². The average Bonchev–Trinajstić information content (AvgIpc) is 2.74. The first-order chi connectivity index (χ1) is 7.40. The third-order valence-electron chi connectivity index (χ3n) is 3.99. The van der Waals surface area contributed by atoms with Gasteiger partial charge in [0.15, 0.2) is 0 Å². The Morgan fingerprint density at radius 3 is 2.87 bits per heavy atom. The van der Waals surface area contributed by atoms with Crippen molar-refractivity contribution in [1.82, 2.24) is 10.2 Å². The maximum atomic E-state index is 3.62. The number of piperidine rings is 1. The van der Waals surface area contributed by atoms with Gasteiger partial charge < -0.3 is 5.32 Å². The summed E-state index contributed by atoms with van der Waals surface area (Å²) in [7, 11) is 0. The van der Waals surface area contributed by atoms with Gasteiger partial charge in [0, 0.05) is 18.6 Å². The first-order valence-electron chi connectivity index (χ1n) is 6.87. The fourth-order valence-electron chi connectivity index (χ4n) is 3.16. The van der Waals surface area contributed by atoms with Crippen molar-refractivity contribution < 1.29 is 0 Å². The molecule has 2 aliphatic rings. The van der Waals surface area contributed by atoms with Crippen LogP contribution in [0.1, 0.15) is 51.9 Å². The van der Waals surface area contributed by atoms with Gasteiger partial charge in [0.2, 0.25) is 0 Å². The number of nitrogens with one attached hydrogen (secondary N) is 1. The fourth-order valence-corrected chi connectivity index (χ4v) is 3.16. The zero-order valence-electron chi connectivity index (χ0n) is 10.2. The summed E-state index contributed by atoms with van der Waals surface area (Å²) in [6.45, 7) is 6.23. The van der Waals surface area contributed by atoms with Crippen LogP contribution in [0.2, 0.25) is 0 Å². The molecule has 0 spiro atoms. The number of hydrogen-bond donors (Lipinski definition) is 1. The molecule has 2 rings (SSSR count). The van der Waals surface area contributed by atoms with Crippen molar-refractivity contribution in [3.8, 4) is 0 Å². The van der Waals surface area contributed by atoms with Crippen LogP contribution in [0.15, 0.2) is 0 Å². The van der Waals surface area contributed by atoms with Crippen LogP contribution >= 0.6 is 0 Å². The molecule has 2 fully saturated rings. The monoisotopic (exact) mass is 210 g/mol. The maximum Gasteiger partial charge on any atom is 0.0195 e. The second-order valence-electron chi connectivity index (χ2n) is 5.23. The van der Waals surface area contributed by atoms with Crippen molar-refractivity contribution in [1.29, 1.82) is 0 Å². The van der Waals surface area contributed by atoms with Crippen LogP contribution in [-0.2, 0) is 0 Å². The van der Waals surface area contributed by atoms with E-state index < -0.39 is 0 Å². The minimum atomic E-state index is 0.794. The van der Waals surface area contributed by atoms with Crippen LogP contribution in [0.3, 0.4) is 0 Å². The summed E-state index contributed by atoms with van der Waals surface area (Å²) in [4.78, 5) is 2.76. The van der Waals surface area contributed by atoms with Gasteiger partial charge in [0.25, 0.3) is 0 Å². The molecule has 88 valence electrons. The van der Waals surface area contributed by atoms with Gasteiger partial charge in [-0.25, -0.2) is 0 Å². The van der Waals surface area contributed by atoms with Gasteiger partial charge in [-0.2, -0.15) is 0 Å². The molecule has 0 saturated carbocycles. The van der Waals surface area contributed by atoms with E-state index in [0.717, 1.165) is 12.1 Å². The standard InChI is InChI=1S/C13H26N2/c1-2-6-13-8-3-4-10-15(13)11-12-7-5-9-14-12/h12-14H,2-11H2,1H3/t12-,13?/m1/s1. The van der Waals surface area contributed by atoms with Crippen LogP contribution in [0.25, 0.3) is 0 Å². The minimum Gasteiger partial charge on any atom is -0.313 e. The van der Waals surface area contributed by atoms with Crippen molar-refractivity contribution in [3.05, 3.63) is 0 Å². The van der Waals surface area contributed by atoms with Gasteiger partial charge >= 0.3 is 0 Å². The molecule has 2 atom stereocenters. The lowest BCUT2D eigenvalue weighted by Gasteiger charge is -2.37. The number of rotatable bonds is 4. The predicted octanol–water partition coefficient (Wildman–Crippen LogP) is 2.39. The molecule has 0 bridgehead atoms. The van der Waals surface area contributed by atoms with Crippen LogP contribution in [-0.4, -0.2) is 36.6 Å². The molecule has 15 heavy (non-hydrogen) atoms. The molecule has 0 aromatic carbocycles. The van der Waals surface area contributed by atoms with Crippen molar-refractivity contribution in [2.24, 2.45) is 0 Å². The molecular weight excluding hydrogens is 184 g/mol. The Morgan fingerprint density at radius 1 is 1.20 bits per heavy atom. The van der Waals surface area contributed by atoms with Crippen LogP contribution in [0.5, 0.6) is 0 Å². The zero-order valence-corrected chi connectivity index (χ0v) is 10.2. The Morgan fingerprint density at radius 2 is 2.13 bits per heavy atom. The lowest BCUT2D eigenvalue weighted by atomic mass is 9.97. The minimum absolute atomic E-state index is 0.794. The summed E-state index contributed by atoms with van der Waals surface area (Å²) in [6.07, 6.45) is 9.87. The smallest absolute Gasteiger partial charge is 0.0195 e. The van der Waals surface area contributed by atoms with E-state index in [0.29, 0.717) is 0 Å². The second kappa shape index (κ2) is 5.86. The van der Waals surface area contributed by atoms with Gasteiger partial charge in [0.1, 0.15) is 0 Å². The van der Waals surface area contributed by atoms with E-state index in [1.54, 1.807) is 0 Å². The number of hydrogen-bond acceptors (Lipinski definition) is 2. The van der Waals surface area contributed by atoms with Gasteiger partial charge in [-0.1, -0.05) is 19.8 Å². The Bertz CT molecular complexity index is 173. The van der Waals surface area contributed by atoms with Crippen molar-refractivity contribution in [3.63, 3.8) is 0 Å². The SMILES string of the molecule is CCCC1CCCCN1C[C@H]1CCCN1. The topological polar surface area (TPSA) is 15.3 Å². The van der Waals surface area contributed by atoms with E-state index in [4.69, 9.17) is 0 Å². The normalized spacial score (nSPS) is 33.4. The van der Waals surface area contributed by atoms with E-state index in [1.807, 2.05) is 0 Å². The molecule has 0 aliphatic carbocycles. The van der Waals surface area contributed by atoms with Crippen LogP contribution < -0.4 is 5.32 Å². The molecule has 1 unspecified atom stereocenters. The first kappa shape index (κ1) is 11.4. The maximum absolute atomic E-state index is 3.62. The van der Waals surface area contributed by atoms with Gasteiger partial charge in [0.05, 0.1) is 0 Å². The Kier molecular flexibility index (Phi) is 4.45. The Balaban J connectivity index is 1.80. The summed E-state index contributed by atoms with van der Waals surface area (Å²) >= 11 is 0. The Hall–Kier alpha value is -0.0800. The summed E-state index contributed by atoms with van der Waals surface area (Å²) < 4.78 is 0. The molecule has 2 heteroatoms. The fraction of sp³-hybridized carbons (Fsp3) is 1.00. The van der Waals surface area contributed by atoms with E-state index >= 15 is 0 Å². The van der Waals surface area contributed by atoms with Crippen LogP contribution in [0, 0.1) is 0 Å². The Labute approximate surface area is 94.4 Å². The first-order valence-corrected chi connectivity index (χ1v) is 6.87. The van der Waals surface area contributed by atoms with Crippen molar-refractivity contribution in [2.75, 3.05) is 19.6 Å². The summed E-state index contributed by atoms with van der Waals surface area (Å²) in [5, 5.41) is 3.62. The largest absolute Gasteiger partial charge is 0.313 e. The van der Waals surface area contributed by atoms with Crippen molar-refractivity contribution in [2.45, 2.75) is 64.0 Å². The number of likely N-dealkylation sites (tertiary alicyclic amines) is 1. The second-order valence-corrected chi connectivity index (χ2v) is 5.23. The molecule has 2 saturated heterocycles. The highest BCUT2D eigenvalue weighted by atomic mass is 15.2. The molecule has 1 N–H and O–H groups in total. The van der Waals surface area contributed by atoms with E-state index in [2.05, 4.69) is 17.1 Å². The van der Waals surface area contributed by atoms with Crippen molar-refractivity contribution >= 4 is 0 Å². The van der Waals surface area contributed by atoms with Gasteiger partial charge in [-0.15, -0.1) is 0 Å². The highest BCUT2D eigenvalue weighted by Crippen LogP contribution is 2.22. The molecule has 0 aromatic heterocycles. The highest BCUT2D eigenvalue weighted by molar-refractivity contribution is 4.83. The summed E-state index contributed by atoms with van der Waals surface area (Å²) in [5.41, 5.74) is 0. The molecule has 2 aliphatic heterocycles. The van der Waals surface area contributed by atoms with Gasteiger partial charge in [-0.05, 0) is 45.2 Å². The molecule has 0 radical (unpaired) electrons. The third-order valence-corrected chi connectivity index (χ3v) is 3.99. The number of nitrogens with zero attached hydrogens (tertiary/aromatic N) is 1. The molecule has 0 amide bonds. The highest BCUT2D eigenvalue weighted by Gasteiger charge is 2.25. The summed E-state index contributed by atoms with van der Waals surface area (Å²) in [6, 6.07) is 1.69. The lowest BCUT2D eigenvalue weighted by Crippen LogP contribution is -2.45. The third kappa shape index (κ3) is 3.18.